The fourth-order valence-electron chi connectivity index (χ4n) is 2.20. The van der Waals surface area contributed by atoms with E-state index >= 15 is 0 Å². The summed E-state index contributed by atoms with van der Waals surface area (Å²) in [5.74, 6) is -2.00. The number of primary amides is 1. The molecule has 0 saturated carbocycles. The first kappa shape index (κ1) is 18.5. The fraction of sp³-hybridized carbons (Fsp3) is 0.438. The summed E-state index contributed by atoms with van der Waals surface area (Å²) in [6, 6.07) is 2.89. The van der Waals surface area contributed by atoms with Gasteiger partial charge in [0.2, 0.25) is 5.91 Å². The van der Waals surface area contributed by atoms with Gasteiger partial charge in [-0.1, -0.05) is 6.07 Å². The van der Waals surface area contributed by atoms with Gasteiger partial charge in [0, 0.05) is 6.42 Å². The third-order valence-electron chi connectivity index (χ3n) is 3.27. The SMILES string of the molecule is CC(C)(C)OC(=O)NC(C[C@@H]1Oc2cccc(F)c2NC1=O)C(N)=O. The van der Waals surface area contributed by atoms with Crippen LogP contribution < -0.4 is 21.1 Å². The third-order valence-corrected chi connectivity index (χ3v) is 3.27. The highest BCUT2D eigenvalue weighted by Gasteiger charge is 2.34. The van der Waals surface area contributed by atoms with Crippen molar-refractivity contribution in [3.05, 3.63) is 24.0 Å². The molecule has 1 aromatic rings. The largest absolute Gasteiger partial charge is 0.478 e. The number of alkyl carbamates (subject to hydrolysis) is 1. The number of rotatable bonds is 4. The molecule has 1 aromatic carbocycles. The molecule has 25 heavy (non-hydrogen) atoms. The first-order chi connectivity index (χ1) is 11.6. The Morgan fingerprint density at radius 2 is 2.12 bits per heavy atom. The first-order valence-corrected chi connectivity index (χ1v) is 7.61. The van der Waals surface area contributed by atoms with Crippen molar-refractivity contribution in [2.75, 3.05) is 5.32 Å². The van der Waals surface area contributed by atoms with Crippen LogP contribution in [0.4, 0.5) is 14.9 Å². The lowest BCUT2D eigenvalue weighted by Gasteiger charge is -2.28. The summed E-state index contributed by atoms with van der Waals surface area (Å²) < 4.78 is 24.1. The van der Waals surface area contributed by atoms with Crippen LogP contribution in [0.25, 0.3) is 0 Å². The fourth-order valence-corrected chi connectivity index (χ4v) is 2.20. The number of hydrogen-bond acceptors (Lipinski definition) is 5. The Labute approximate surface area is 143 Å². The Bertz CT molecular complexity index is 702. The van der Waals surface area contributed by atoms with Gasteiger partial charge in [0.15, 0.2) is 11.9 Å². The number of hydrogen-bond donors (Lipinski definition) is 3. The zero-order valence-electron chi connectivity index (χ0n) is 14.1. The molecular formula is C16H20FN3O5. The van der Waals surface area contributed by atoms with Crippen molar-refractivity contribution in [3.8, 4) is 5.75 Å². The molecule has 0 spiro atoms. The molecule has 8 nitrogen and oxygen atoms in total. The molecule has 1 heterocycles. The van der Waals surface area contributed by atoms with Crippen molar-refractivity contribution in [1.82, 2.24) is 5.32 Å². The Morgan fingerprint density at radius 1 is 1.44 bits per heavy atom. The molecule has 2 atom stereocenters. The monoisotopic (exact) mass is 353 g/mol. The summed E-state index contributed by atoms with van der Waals surface area (Å²) in [7, 11) is 0. The number of benzene rings is 1. The number of nitrogens with one attached hydrogen (secondary N) is 2. The molecule has 2 rings (SSSR count). The van der Waals surface area contributed by atoms with Crippen molar-refractivity contribution in [2.45, 2.75) is 44.9 Å². The second kappa shape index (κ2) is 6.96. The predicted octanol–water partition coefficient (Wildman–Crippen LogP) is 1.29. The lowest BCUT2D eigenvalue weighted by molar-refractivity contribution is -0.125. The third kappa shape index (κ3) is 4.82. The van der Waals surface area contributed by atoms with Crippen molar-refractivity contribution < 1.29 is 28.2 Å². The molecule has 0 bridgehead atoms. The summed E-state index contributed by atoms with van der Waals surface area (Å²) >= 11 is 0. The molecule has 1 unspecified atom stereocenters. The first-order valence-electron chi connectivity index (χ1n) is 7.61. The van der Waals surface area contributed by atoms with E-state index in [-0.39, 0.29) is 17.9 Å². The second-order valence-corrected chi connectivity index (χ2v) is 6.55. The van der Waals surface area contributed by atoms with E-state index in [1.54, 1.807) is 20.8 Å². The number of amides is 3. The van der Waals surface area contributed by atoms with E-state index in [1.807, 2.05) is 0 Å². The average molecular weight is 353 g/mol. The minimum atomic E-state index is -1.19. The minimum Gasteiger partial charge on any atom is -0.478 e. The molecule has 9 heteroatoms. The standard InChI is InChI=1S/C16H20FN3O5/c1-16(2,3)25-15(23)19-9(13(18)21)7-11-14(22)20-12-8(17)5-4-6-10(12)24-11/h4-6,9,11H,7H2,1-3H3,(H2,18,21)(H,19,23)(H,20,22)/t9?,11-/m0/s1. The number of fused-ring (bicyclic) bond motifs is 1. The summed E-state index contributed by atoms with van der Waals surface area (Å²) in [4.78, 5) is 35.5. The van der Waals surface area contributed by atoms with Gasteiger partial charge in [-0.15, -0.1) is 0 Å². The maximum absolute atomic E-state index is 13.6. The molecule has 1 aliphatic rings. The lowest BCUT2D eigenvalue weighted by atomic mass is 10.1. The van der Waals surface area contributed by atoms with Crippen LogP contribution in [0.15, 0.2) is 18.2 Å². The van der Waals surface area contributed by atoms with Gasteiger partial charge in [0.1, 0.15) is 23.1 Å². The molecular weight excluding hydrogens is 333 g/mol. The Morgan fingerprint density at radius 3 is 2.72 bits per heavy atom. The topological polar surface area (TPSA) is 120 Å². The molecule has 3 amide bonds. The van der Waals surface area contributed by atoms with Crippen molar-refractivity contribution in [2.24, 2.45) is 5.73 Å². The van der Waals surface area contributed by atoms with Crippen molar-refractivity contribution >= 4 is 23.6 Å². The van der Waals surface area contributed by atoms with Gasteiger partial charge < -0.3 is 25.8 Å². The maximum Gasteiger partial charge on any atom is 0.408 e. The van der Waals surface area contributed by atoms with E-state index in [0.29, 0.717) is 0 Å². The van der Waals surface area contributed by atoms with Gasteiger partial charge in [0.25, 0.3) is 5.91 Å². The predicted molar refractivity (Wildman–Crippen MR) is 86.4 cm³/mol. The van der Waals surface area contributed by atoms with Crippen LogP contribution in [0.1, 0.15) is 27.2 Å². The average Bonchev–Trinajstić information content (AvgIpc) is 2.46. The van der Waals surface area contributed by atoms with E-state index in [9.17, 15) is 18.8 Å². The summed E-state index contributed by atoms with van der Waals surface area (Å²) in [6.45, 7) is 4.99. The van der Waals surface area contributed by atoms with Crippen LogP contribution in [0.5, 0.6) is 5.75 Å². The van der Waals surface area contributed by atoms with Gasteiger partial charge in [-0.2, -0.15) is 0 Å². The van der Waals surface area contributed by atoms with Crippen LogP contribution in [0.2, 0.25) is 0 Å². The zero-order valence-corrected chi connectivity index (χ0v) is 14.1. The molecule has 4 N–H and O–H groups in total. The molecule has 136 valence electrons. The van der Waals surface area contributed by atoms with Crippen molar-refractivity contribution in [3.63, 3.8) is 0 Å². The number of para-hydroxylation sites is 1. The van der Waals surface area contributed by atoms with E-state index in [0.717, 1.165) is 0 Å². The highest BCUT2D eigenvalue weighted by Crippen LogP contribution is 2.32. The summed E-state index contributed by atoms with van der Waals surface area (Å²) in [5.41, 5.74) is 4.44. The molecule has 0 fully saturated rings. The smallest absolute Gasteiger partial charge is 0.408 e. The van der Waals surface area contributed by atoms with Crippen LogP contribution in [0.3, 0.4) is 0 Å². The number of anilines is 1. The molecule has 0 saturated heterocycles. The van der Waals surface area contributed by atoms with Crippen LogP contribution in [-0.2, 0) is 14.3 Å². The molecule has 0 aliphatic carbocycles. The quantitative estimate of drug-likeness (QED) is 0.753. The highest BCUT2D eigenvalue weighted by atomic mass is 19.1. The lowest BCUT2D eigenvalue weighted by Crippen LogP contribution is -2.51. The van der Waals surface area contributed by atoms with Gasteiger partial charge in [-0.3, -0.25) is 9.59 Å². The van der Waals surface area contributed by atoms with Gasteiger partial charge in [0.05, 0.1) is 0 Å². The van der Waals surface area contributed by atoms with Crippen molar-refractivity contribution in [1.29, 1.82) is 0 Å². The van der Waals surface area contributed by atoms with Gasteiger partial charge >= 0.3 is 6.09 Å². The normalized spacial score (nSPS) is 17.6. The van der Waals surface area contributed by atoms with E-state index in [4.69, 9.17) is 15.2 Å². The number of carbonyl (C=O) groups is 3. The number of nitrogens with two attached hydrogens (primary N) is 1. The number of carbonyl (C=O) groups excluding carboxylic acids is 3. The van der Waals surface area contributed by atoms with Gasteiger partial charge in [-0.25, -0.2) is 9.18 Å². The Balaban J connectivity index is 2.08. The van der Waals surface area contributed by atoms with E-state index in [1.165, 1.54) is 18.2 Å². The maximum atomic E-state index is 13.6. The van der Waals surface area contributed by atoms with E-state index < -0.39 is 41.5 Å². The number of halogens is 1. The molecule has 1 aliphatic heterocycles. The minimum absolute atomic E-state index is 0.0699. The Hall–Kier alpha value is -2.84. The second-order valence-electron chi connectivity index (χ2n) is 6.55. The highest BCUT2D eigenvalue weighted by molar-refractivity contribution is 5.98. The van der Waals surface area contributed by atoms with Crippen LogP contribution in [-0.4, -0.2) is 35.7 Å². The van der Waals surface area contributed by atoms with Crippen LogP contribution in [0, 0.1) is 5.82 Å². The van der Waals surface area contributed by atoms with Gasteiger partial charge in [-0.05, 0) is 32.9 Å². The Kier molecular flexibility index (Phi) is 5.15. The molecule has 0 aromatic heterocycles. The summed E-state index contributed by atoms with van der Waals surface area (Å²) in [6.07, 6.45) is -2.20. The molecule has 0 radical (unpaired) electrons. The zero-order chi connectivity index (χ0) is 18.8. The summed E-state index contributed by atoms with van der Waals surface area (Å²) in [5, 5.41) is 4.69. The van der Waals surface area contributed by atoms with Crippen LogP contribution >= 0.6 is 0 Å². The van der Waals surface area contributed by atoms with E-state index in [2.05, 4.69) is 10.6 Å². The number of ether oxygens (including phenoxy) is 2.